The Morgan fingerprint density at radius 2 is 1.41 bits per heavy atom. The van der Waals surface area contributed by atoms with Gasteiger partial charge in [0.15, 0.2) is 10.9 Å². The summed E-state index contributed by atoms with van der Waals surface area (Å²) in [6, 6.07) is 15.5. The summed E-state index contributed by atoms with van der Waals surface area (Å²) in [6.45, 7) is 7.94. The fourth-order valence-corrected chi connectivity index (χ4v) is 5.48. The highest BCUT2D eigenvalue weighted by atomic mass is 32.2. The molecule has 1 aromatic carbocycles. The van der Waals surface area contributed by atoms with Gasteiger partial charge in [-0.15, -0.1) is 0 Å². The van der Waals surface area contributed by atoms with Crippen molar-refractivity contribution in [3.05, 3.63) is 60.1 Å². The van der Waals surface area contributed by atoms with Gasteiger partial charge in [-0.25, -0.2) is 9.97 Å². The van der Waals surface area contributed by atoms with Crippen LogP contribution in [0.2, 0.25) is 0 Å². The third-order valence-corrected chi connectivity index (χ3v) is 7.91. The lowest BCUT2D eigenvalue weighted by atomic mass is 10.1. The third-order valence-electron chi connectivity index (χ3n) is 7.04. The molecule has 39 heavy (non-hydrogen) atoms. The Morgan fingerprint density at radius 1 is 0.795 bits per heavy atom. The molecule has 204 valence electrons. The highest BCUT2D eigenvalue weighted by molar-refractivity contribution is 7.98. The molecule has 3 amide bonds. The van der Waals surface area contributed by atoms with Gasteiger partial charge in [-0.05, 0) is 12.1 Å². The van der Waals surface area contributed by atoms with Crippen LogP contribution in [0.25, 0.3) is 11.3 Å². The molecule has 2 aliphatic rings. The normalized spacial score (nSPS) is 15.9. The van der Waals surface area contributed by atoms with E-state index >= 15 is 0 Å². The molecule has 4 heterocycles. The molecule has 0 N–H and O–H groups in total. The summed E-state index contributed by atoms with van der Waals surface area (Å²) in [4.78, 5) is 53.4. The number of hydrogen-bond donors (Lipinski definition) is 0. The largest absolute Gasteiger partial charge is 0.455 e. The highest BCUT2D eigenvalue weighted by Crippen LogP contribution is 2.28. The topological polar surface area (TPSA) is 103 Å². The van der Waals surface area contributed by atoms with E-state index in [1.165, 1.54) is 11.8 Å². The standard InChI is InChI=1S/C28H32N6O4S/c1-20(35)31-10-14-33(15-11-31)26-18-24(22-6-4-3-5-7-22)29-28(30-26)39-19-23-8-9-25(38-23)27(37)34-16-12-32(13-17-34)21(2)36/h3-9,18H,10-17,19H2,1-2H3. The molecule has 2 fully saturated rings. The molecule has 2 aliphatic heterocycles. The Balaban J connectivity index is 1.28. The molecule has 11 heteroatoms. The van der Waals surface area contributed by atoms with Crippen LogP contribution in [0.5, 0.6) is 0 Å². The number of aromatic nitrogens is 2. The Bertz CT molecular complexity index is 1330. The lowest BCUT2D eigenvalue weighted by Crippen LogP contribution is -2.50. The van der Waals surface area contributed by atoms with Crippen molar-refractivity contribution in [2.24, 2.45) is 0 Å². The minimum Gasteiger partial charge on any atom is -0.455 e. The number of carbonyl (C=O) groups excluding carboxylic acids is 3. The maximum absolute atomic E-state index is 12.9. The summed E-state index contributed by atoms with van der Waals surface area (Å²) in [7, 11) is 0. The quantitative estimate of drug-likeness (QED) is 0.342. The van der Waals surface area contributed by atoms with Gasteiger partial charge in [-0.2, -0.15) is 0 Å². The molecule has 0 spiro atoms. The van der Waals surface area contributed by atoms with Crippen LogP contribution < -0.4 is 4.90 Å². The first-order valence-electron chi connectivity index (χ1n) is 13.1. The molecule has 0 unspecified atom stereocenters. The Labute approximate surface area is 232 Å². The molecule has 0 radical (unpaired) electrons. The van der Waals surface area contributed by atoms with Crippen molar-refractivity contribution in [1.29, 1.82) is 0 Å². The average molecular weight is 549 g/mol. The molecule has 10 nitrogen and oxygen atoms in total. The SMILES string of the molecule is CC(=O)N1CCN(C(=O)c2ccc(CSc3nc(-c4ccccc4)cc(N4CCN(C(C)=O)CC4)n3)o2)CC1. The van der Waals surface area contributed by atoms with Crippen LogP contribution in [-0.4, -0.2) is 94.7 Å². The van der Waals surface area contributed by atoms with Crippen molar-refractivity contribution >= 4 is 35.3 Å². The minimum atomic E-state index is -0.163. The van der Waals surface area contributed by atoms with E-state index in [-0.39, 0.29) is 17.7 Å². The lowest BCUT2D eigenvalue weighted by Gasteiger charge is -2.35. The number of thioether (sulfide) groups is 1. The van der Waals surface area contributed by atoms with Crippen LogP contribution in [-0.2, 0) is 15.3 Å². The van der Waals surface area contributed by atoms with Gasteiger partial charge in [0.2, 0.25) is 11.8 Å². The van der Waals surface area contributed by atoms with Crippen LogP contribution in [0.15, 0.2) is 58.1 Å². The Morgan fingerprint density at radius 3 is 2.05 bits per heavy atom. The zero-order valence-electron chi connectivity index (χ0n) is 22.2. The molecule has 2 aromatic heterocycles. The van der Waals surface area contributed by atoms with Gasteiger partial charge in [0, 0.05) is 77.8 Å². The molecule has 0 saturated carbocycles. The fourth-order valence-electron chi connectivity index (χ4n) is 4.73. The second-order valence-corrected chi connectivity index (χ2v) is 10.5. The van der Waals surface area contributed by atoms with Gasteiger partial charge in [0.1, 0.15) is 11.6 Å². The molecule has 0 atom stereocenters. The van der Waals surface area contributed by atoms with Gasteiger partial charge in [-0.3, -0.25) is 14.4 Å². The second-order valence-electron chi connectivity index (χ2n) is 9.61. The number of carbonyl (C=O) groups is 3. The first kappa shape index (κ1) is 26.7. The number of nitrogens with zero attached hydrogens (tertiary/aromatic N) is 6. The van der Waals surface area contributed by atoms with Crippen molar-refractivity contribution in [3.63, 3.8) is 0 Å². The lowest BCUT2D eigenvalue weighted by molar-refractivity contribution is -0.130. The summed E-state index contributed by atoms with van der Waals surface area (Å²) in [5.41, 5.74) is 1.83. The number of amides is 3. The maximum Gasteiger partial charge on any atom is 0.289 e. The summed E-state index contributed by atoms with van der Waals surface area (Å²) >= 11 is 1.45. The predicted octanol–water partition coefficient (Wildman–Crippen LogP) is 3.00. The van der Waals surface area contributed by atoms with E-state index in [4.69, 9.17) is 14.4 Å². The molecular weight excluding hydrogens is 516 g/mol. The van der Waals surface area contributed by atoms with Gasteiger partial charge in [0.25, 0.3) is 5.91 Å². The van der Waals surface area contributed by atoms with Crippen molar-refractivity contribution in [3.8, 4) is 11.3 Å². The summed E-state index contributed by atoms with van der Waals surface area (Å²) in [5, 5.41) is 0.616. The Kier molecular flexibility index (Phi) is 8.16. The maximum atomic E-state index is 12.9. The third kappa shape index (κ3) is 6.42. The van der Waals surface area contributed by atoms with Crippen molar-refractivity contribution in [1.82, 2.24) is 24.7 Å². The smallest absolute Gasteiger partial charge is 0.289 e. The van der Waals surface area contributed by atoms with Crippen LogP contribution in [0.3, 0.4) is 0 Å². The van der Waals surface area contributed by atoms with Gasteiger partial charge in [0.05, 0.1) is 11.4 Å². The van der Waals surface area contributed by atoms with E-state index in [0.29, 0.717) is 74.8 Å². The van der Waals surface area contributed by atoms with Crippen LogP contribution in [0.4, 0.5) is 5.82 Å². The summed E-state index contributed by atoms with van der Waals surface area (Å²) < 4.78 is 5.89. The highest BCUT2D eigenvalue weighted by Gasteiger charge is 2.25. The number of furan rings is 1. The van der Waals surface area contributed by atoms with Crippen LogP contribution in [0.1, 0.15) is 30.2 Å². The number of piperazine rings is 2. The molecule has 5 rings (SSSR count). The molecular formula is C28H32N6O4S. The number of anilines is 1. The molecule has 0 aliphatic carbocycles. The monoisotopic (exact) mass is 548 g/mol. The number of benzene rings is 1. The van der Waals surface area contributed by atoms with Gasteiger partial charge < -0.3 is 24.0 Å². The van der Waals surface area contributed by atoms with Crippen LogP contribution >= 0.6 is 11.8 Å². The van der Waals surface area contributed by atoms with Crippen molar-refractivity contribution in [2.75, 3.05) is 57.3 Å². The van der Waals surface area contributed by atoms with Crippen molar-refractivity contribution in [2.45, 2.75) is 24.8 Å². The Hall–Kier alpha value is -3.86. The zero-order valence-corrected chi connectivity index (χ0v) is 23.0. The summed E-state index contributed by atoms with van der Waals surface area (Å²) in [6.07, 6.45) is 0. The number of hydrogen-bond acceptors (Lipinski definition) is 8. The first-order chi connectivity index (χ1) is 18.9. The minimum absolute atomic E-state index is 0.0273. The second kappa shape index (κ2) is 11.9. The van der Waals surface area contributed by atoms with E-state index in [1.807, 2.05) is 47.4 Å². The van der Waals surface area contributed by atoms with Gasteiger partial charge in [-0.1, -0.05) is 42.1 Å². The molecule has 3 aromatic rings. The van der Waals surface area contributed by atoms with Gasteiger partial charge >= 0.3 is 0 Å². The van der Waals surface area contributed by atoms with E-state index in [1.54, 1.807) is 29.7 Å². The van der Waals surface area contributed by atoms with E-state index in [9.17, 15) is 14.4 Å². The van der Waals surface area contributed by atoms with E-state index in [2.05, 4.69) is 4.90 Å². The van der Waals surface area contributed by atoms with E-state index in [0.717, 1.165) is 17.1 Å². The number of rotatable bonds is 6. The van der Waals surface area contributed by atoms with Crippen LogP contribution in [0, 0.1) is 0 Å². The molecule has 2 saturated heterocycles. The van der Waals surface area contributed by atoms with E-state index < -0.39 is 0 Å². The first-order valence-corrected chi connectivity index (χ1v) is 14.1. The summed E-state index contributed by atoms with van der Waals surface area (Å²) in [5.74, 6) is 2.22. The zero-order chi connectivity index (χ0) is 27.4. The predicted molar refractivity (Wildman–Crippen MR) is 148 cm³/mol. The van der Waals surface area contributed by atoms with Crippen molar-refractivity contribution < 1.29 is 18.8 Å². The molecule has 0 bridgehead atoms. The fraction of sp³-hybridized carbons (Fsp3) is 0.393. The average Bonchev–Trinajstić information content (AvgIpc) is 3.45.